The fourth-order valence-electron chi connectivity index (χ4n) is 1.77. The molecule has 2 heterocycles. The molecular formula is C13H16BrN3O3S. The van der Waals surface area contributed by atoms with Crippen LogP contribution in [0.1, 0.15) is 12.7 Å². The van der Waals surface area contributed by atoms with Crippen LogP contribution in [0.15, 0.2) is 44.4 Å². The lowest BCUT2D eigenvalue weighted by Gasteiger charge is -2.11. The molecule has 0 atom stereocenters. The summed E-state index contributed by atoms with van der Waals surface area (Å²) in [5.41, 5.74) is 0. The van der Waals surface area contributed by atoms with Crippen molar-refractivity contribution in [1.82, 2.24) is 9.71 Å². The Balaban J connectivity index is 2.12. The Morgan fingerprint density at radius 1 is 1.43 bits per heavy atom. The fraction of sp³-hybridized carbons (Fsp3) is 0.308. The van der Waals surface area contributed by atoms with Crippen molar-refractivity contribution >= 4 is 31.8 Å². The van der Waals surface area contributed by atoms with Crippen molar-refractivity contribution in [1.29, 1.82) is 0 Å². The van der Waals surface area contributed by atoms with E-state index >= 15 is 0 Å². The van der Waals surface area contributed by atoms with Gasteiger partial charge in [0.1, 0.15) is 16.5 Å². The van der Waals surface area contributed by atoms with Gasteiger partial charge in [-0.05, 0) is 41.1 Å². The van der Waals surface area contributed by atoms with Crippen LogP contribution in [0, 0.1) is 0 Å². The molecule has 0 saturated heterocycles. The third-order valence-electron chi connectivity index (χ3n) is 2.70. The predicted octanol–water partition coefficient (Wildman–Crippen LogP) is 2.39. The van der Waals surface area contributed by atoms with Gasteiger partial charge in [0, 0.05) is 30.2 Å². The van der Waals surface area contributed by atoms with E-state index in [1.165, 1.54) is 6.07 Å². The van der Waals surface area contributed by atoms with Crippen molar-refractivity contribution in [2.24, 2.45) is 0 Å². The maximum absolute atomic E-state index is 12.4. The number of furan rings is 1. The van der Waals surface area contributed by atoms with E-state index in [-0.39, 0.29) is 11.4 Å². The van der Waals surface area contributed by atoms with Gasteiger partial charge in [0.2, 0.25) is 10.0 Å². The minimum Gasteiger partial charge on any atom is -0.469 e. The molecule has 114 valence electrons. The van der Waals surface area contributed by atoms with Gasteiger partial charge in [0.05, 0.1) is 6.26 Å². The van der Waals surface area contributed by atoms with Crippen molar-refractivity contribution in [3.63, 3.8) is 0 Å². The number of pyridine rings is 1. The molecule has 0 aliphatic carbocycles. The zero-order valence-electron chi connectivity index (χ0n) is 11.5. The second-order valence-corrected chi connectivity index (χ2v) is 6.91. The highest BCUT2D eigenvalue weighted by atomic mass is 79.9. The number of rotatable bonds is 7. The second-order valence-electron chi connectivity index (χ2n) is 4.26. The van der Waals surface area contributed by atoms with E-state index in [9.17, 15) is 8.42 Å². The van der Waals surface area contributed by atoms with E-state index < -0.39 is 10.0 Å². The maximum Gasteiger partial charge on any atom is 0.244 e. The van der Waals surface area contributed by atoms with Crippen molar-refractivity contribution in [3.05, 3.63) is 40.9 Å². The molecule has 0 bridgehead atoms. The third kappa shape index (κ3) is 4.29. The van der Waals surface area contributed by atoms with Gasteiger partial charge in [-0.25, -0.2) is 18.1 Å². The average molecular weight is 374 g/mol. The van der Waals surface area contributed by atoms with Crippen molar-refractivity contribution in [3.8, 4) is 0 Å². The highest BCUT2D eigenvalue weighted by molar-refractivity contribution is 9.10. The molecule has 0 aliphatic heterocycles. The van der Waals surface area contributed by atoms with Crippen molar-refractivity contribution in [2.75, 3.05) is 18.4 Å². The second kappa shape index (κ2) is 7.06. The summed E-state index contributed by atoms with van der Waals surface area (Å²) >= 11 is 3.24. The van der Waals surface area contributed by atoms with E-state index in [1.54, 1.807) is 24.6 Å². The van der Waals surface area contributed by atoms with Gasteiger partial charge in [-0.15, -0.1) is 0 Å². The Hall–Kier alpha value is -1.38. The van der Waals surface area contributed by atoms with Crippen LogP contribution >= 0.6 is 15.9 Å². The molecule has 0 amide bonds. The molecule has 0 aromatic carbocycles. The summed E-state index contributed by atoms with van der Waals surface area (Å²) in [6.45, 7) is 2.72. The summed E-state index contributed by atoms with van der Waals surface area (Å²) in [7, 11) is -3.64. The highest BCUT2D eigenvalue weighted by Gasteiger charge is 2.19. The molecule has 0 radical (unpaired) electrons. The molecule has 0 fully saturated rings. The van der Waals surface area contributed by atoms with Gasteiger partial charge in [0.15, 0.2) is 0 Å². The zero-order valence-corrected chi connectivity index (χ0v) is 13.9. The minimum absolute atomic E-state index is 0.123. The maximum atomic E-state index is 12.4. The smallest absolute Gasteiger partial charge is 0.244 e. The first-order valence-corrected chi connectivity index (χ1v) is 8.72. The highest BCUT2D eigenvalue weighted by Crippen LogP contribution is 2.22. The van der Waals surface area contributed by atoms with Crippen LogP contribution in [-0.4, -0.2) is 26.5 Å². The van der Waals surface area contributed by atoms with Gasteiger partial charge in [-0.3, -0.25) is 0 Å². The number of nitrogens with one attached hydrogen (secondary N) is 2. The molecular weight excluding hydrogens is 358 g/mol. The lowest BCUT2D eigenvalue weighted by molar-refractivity contribution is 0.506. The quantitative estimate of drug-likeness (QED) is 0.778. The van der Waals surface area contributed by atoms with Gasteiger partial charge in [0.25, 0.3) is 0 Å². The van der Waals surface area contributed by atoms with Gasteiger partial charge >= 0.3 is 0 Å². The standard InChI is InChI=1S/C13H16BrN3O3S/c1-2-15-13-12(8-10(14)9-16-13)21(18,19)17-6-5-11-4-3-7-20-11/h3-4,7-9,17H,2,5-6H2,1H3,(H,15,16). The van der Waals surface area contributed by atoms with Crippen LogP contribution in [0.5, 0.6) is 0 Å². The molecule has 2 aromatic rings. The van der Waals surface area contributed by atoms with Crippen LogP contribution in [0.4, 0.5) is 5.82 Å². The Morgan fingerprint density at radius 3 is 2.90 bits per heavy atom. The number of sulfonamides is 1. The minimum atomic E-state index is -3.64. The summed E-state index contributed by atoms with van der Waals surface area (Å²) < 4.78 is 33.1. The summed E-state index contributed by atoms with van der Waals surface area (Å²) in [5.74, 6) is 1.07. The predicted molar refractivity (Wildman–Crippen MR) is 83.7 cm³/mol. The fourth-order valence-corrected chi connectivity index (χ4v) is 3.44. The van der Waals surface area contributed by atoms with Crippen LogP contribution in [0.25, 0.3) is 0 Å². The lowest BCUT2D eigenvalue weighted by atomic mass is 10.3. The number of aromatic nitrogens is 1. The molecule has 0 unspecified atom stereocenters. The first-order valence-electron chi connectivity index (χ1n) is 6.44. The molecule has 2 rings (SSSR count). The largest absolute Gasteiger partial charge is 0.469 e. The van der Waals surface area contributed by atoms with Crippen LogP contribution in [0.3, 0.4) is 0 Å². The lowest BCUT2D eigenvalue weighted by Crippen LogP contribution is -2.27. The van der Waals surface area contributed by atoms with Gasteiger partial charge in [-0.1, -0.05) is 0 Å². The molecule has 6 nitrogen and oxygen atoms in total. The van der Waals surface area contributed by atoms with E-state index in [4.69, 9.17) is 4.42 Å². The summed E-state index contributed by atoms with van der Waals surface area (Å²) in [5, 5.41) is 2.94. The summed E-state index contributed by atoms with van der Waals surface area (Å²) in [4.78, 5) is 4.22. The van der Waals surface area contributed by atoms with E-state index in [2.05, 4.69) is 31.0 Å². The third-order valence-corrected chi connectivity index (χ3v) is 4.60. The van der Waals surface area contributed by atoms with Crippen LogP contribution in [-0.2, 0) is 16.4 Å². The molecule has 0 aliphatic rings. The first kappa shape index (κ1) is 16.0. The van der Waals surface area contributed by atoms with E-state index in [0.717, 1.165) is 5.76 Å². The molecule has 2 aromatic heterocycles. The van der Waals surface area contributed by atoms with Crippen LogP contribution < -0.4 is 10.0 Å². The Labute approximate surface area is 132 Å². The first-order chi connectivity index (χ1) is 10.0. The molecule has 0 spiro atoms. The molecule has 0 saturated carbocycles. The number of hydrogen-bond donors (Lipinski definition) is 2. The molecule has 8 heteroatoms. The average Bonchev–Trinajstić information content (AvgIpc) is 2.94. The van der Waals surface area contributed by atoms with Crippen molar-refractivity contribution < 1.29 is 12.8 Å². The summed E-state index contributed by atoms with van der Waals surface area (Å²) in [6.07, 6.45) is 3.61. The number of nitrogens with zero attached hydrogens (tertiary/aromatic N) is 1. The SMILES string of the molecule is CCNc1ncc(Br)cc1S(=O)(=O)NCCc1ccco1. The summed E-state index contributed by atoms with van der Waals surface area (Å²) in [6, 6.07) is 5.10. The number of hydrogen-bond acceptors (Lipinski definition) is 5. The van der Waals surface area contributed by atoms with Gasteiger partial charge in [-0.2, -0.15) is 0 Å². The molecule has 2 N–H and O–H groups in total. The normalized spacial score (nSPS) is 11.5. The Kier molecular flexibility index (Phi) is 5.38. The van der Waals surface area contributed by atoms with E-state index in [1.807, 2.05) is 6.92 Å². The van der Waals surface area contributed by atoms with Crippen LogP contribution in [0.2, 0.25) is 0 Å². The molecule has 21 heavy (non-hydrogen) atoms. The zero-order chi connectivity index (χ0) is 15.3. The van der Waals surface area contributed by atoms with Gasteiger partial charge < -0.3 is 9.73 Å². The number of anilines is 1. The number of halogens is 1. The van der Waals surface area contributed by atoms with Crippen molar-refractivity contribution in [2.45, 2.75) is 18.2 Å². The Morgan fingerprint density at radius 2 is 2.24 bits per heavy atom. The topological polar surface area (TPSA) is 84.2 Å². The Bertz CT molecular complexity index is 687. The van der Waals surface area contributed by atoms with E-state index in [0.29, 0.717) is 23.3 Å². The monoisotopic (exact) mass is 373 g/mol.